The molecule has 3 nitrogen and oxygen atoms in total. The summed E-state index contributed by atoms with van der Waals surface area (Å²) in [7, 11) is 0. The second-order valence-electron chi connectivity index (χ2n) is 3.60. The lowest BCUT2D eigenvalue weighted by atomic mass is 10.2. The molecule has 0 rings (SSSR count). The summed E-state index contributed by atoms with van der Waals surface area (Å²) >= 11 is 0. The second kappa shape index (κ2) is 8.38. The van der Waals surface area contributed by atoms with Crippen molar-refractivity contribution in [2.45, 2.75) is 44.7 Å². The van der Waals surface area contributed by atoms with Crippen LogP contribution in [0.3, 0.4) is 0 Å². The van der Waals surface area contributed by atoms with Crippen molar-refractivity contribution < 1.29 is 23.1 Å². The molecule has 0 unspecified atom stereocenters. The van der Waals surface area contributed by atoms with Crippen LogP contribution in [-0.4, -0.2) is 30.3 Å². The molecule has 6 heteroatoms. The molecule has 0 aliphatic heterocycles. The third-order valence-electron chi connectivity index (χ3n) is 2.02. The van der Waals surface area contributed by atoms with Crippen LogP contribution in [-0.2, 0) is 4.79 Å². The van der Waals surface area contributed by atoms with Crippen molar-refractivity contribution in [3.63, 3.8) is 0 Å². The number of amides is 1. The van der Waals surface area contributed by atoms with E-state index in [1.165, 1.54) is 0 Å². The zero-order chi connectivity index (χ0) is 12.4. The zero-order valence-corrected chi connectivity index (χ0v) is 9.15. The molecule has 96 valence electrons. The quantitative estimate of drug-likeness (QED) is 0.638. The Morgan fingerprint density at radius 1 is 1.12 bits per heavy atom. The van der Waals surface area contributed by atoms with E-state index >= 15 is 0 Å². The Bertz CT molecular complexity index is 195. The number of rotatable bonds is 8. The van der Waals surface area contributed by atoms with Gasteiger partial charge < -0.3 is 10.4 Å². The van der Waals surface area contributed by atoms with E-state index in [0.717, 1.165) is 0 Å². The molecule has 0 aromatic carbocycles. The molecule has 2 N–H and O–H groups in total. The van der Waals surface area contributed by atoms with E-state index in [-0.39, 0.29) is 25.5 Å². The number of unbranched alkanes of at least 4 members (excludes halogenated alkanes) is 2. The number of hydrogen-bond donors (Lipinski definition) is 2. The molecular weight excluding hydrogens is 223 g/mol. The van der Waals surface area contributed by atoms with Gasteiger partial charge in [0.25, 0.3) is 0 Å². The van der Waals surface area contributed by atoms with Crippen molar-refractivity contribution in [1.29, 1.82) is 0 Å². The minimum atomic E-state index is -4.11. The highest BCUT2D eigenvalue weighted by Crippen LogP contribution is 2.21. The van der Waals surface area contributed by atoms with Gasteiger partial charge in [0, 0.05) is 26.0 Å². The van der Waals surface area contributed by atoms with Crippen LogP contribution in [0.25, 0.3) is 0 Å². The lowest BCUT2D eigenvalue weighted by Gasteiger charge is -2.06. The first kappa shape index (κ1) is 15.2. The third kappa shape index (κ3) is 11.3. The highest BCUT2D eigenvalue weighted by Gasteiger charge is 2.25. The van der Waals surface area contributed by atoms with Crippen molar-refractivity contribution >= 4 is 5.91 Å². The van der Waals surface area contributed by atoms with Crippen molar-refractivity contribution in [2.24, 2.45) is 0 Å². The summed E-state index contributed by atoms with van der Waals surface area (Å²) in [5.74, 6) is -0.166. The van der Waals surface area contributed by atoms with Gasteiger partial charge in [0.15, 0.2) is 0 Å². The van der Waals surface area contributed by atoms with Crippen LogP contribution in [0.2, 0.25) is 0 Å². The summed E-state index contributed by atoms with van der Waals surface area (Å²) in [5, 5.41) is 11.0. The fraction of sp³-hybridized carbons (Fsp3) is 0.900. The Morgan fingerprint density at radius 3 is 2.38 bits per heavy atom. The number of carbonyl (C=O) groups is 1. The standard InChI is InChI=1S/C10H18F3NO2/c11-10(12,13)6-2-3-7-14-9(16)5-1-4-8-15/h15H,1-8H2,(H,14,16). The Kier molecular flexibility index (Phi) is 7.97. The lowest BCUT2D eigenvalue weighted by Crippen LogP contribution is -2.24. The summed E-state index contributed by atoms with van der Waals surface area (Å²) in [5.41, 5.74) is 0. The summed E-state index contributed by atoms with van der Waals surface area (Å²) in [6, 6.07) is 0. The van der Waals surface area contributed by atoms with E-state index in [1.807, 2.05) is 0 Å². The van der Waals surface area contributed by atoms with Gasteiger partial charge in [-0.15, -0.1) is 0 Å². The molecule has 0 radical (unpaired) electrons. The Morgan fingerprint density at radius 2 is 1.81 bits per heavy atom. The molecule has 0 aliphatic rings. The second-order valence-corrected chi connectivity index (χ2v) is 3.60. The van der Waals surface area contributed by atoms with Gasteiger partial charge in [0.05, 0.1) is 0 Å². The van der Waals surface area contributed by atoms with Crippen LogP contribution in [0.15, 0.2) is 0 Å². The maximum atomic E-state index is 11.7. The van der Waals surface area contributed by atoms with E-state index in [0.29, 0.717) is 25.7 Å². The van der Waals surface area contributed by atoms with Crippen molar-refractivity contribution in [3.8, 4) is 0 Å². The monoisotopic (exact) mass is 241 g/mol. The number of carbonyl (C=O) groups excluding carboxylic acids is 1. The van der Waals surface area contributed by atoms with Gasteiger partial charge in [-0.3, -0.25) is 4.79 Å². The summed E-state index contributed by atoms with van der Waals surface area (Å²) < 4.78 is 35.2. The first-order chi connectivity index (χ1) is 7.45. The Hall–Kier alpha value is -0.780. The average Bonchev–Trinajstić information content (AvgIpc) is 2.16. The van der Waals surface area contributed by atoms with E-state index in [9.17, 15) is 18.0 Å². The molecule has 0 heterocycles. The van der Waals surface area contributed by atoms with Gasteiger partial charge in [-0.2, -0.15) is 13.2 Å². The van der Waals surface area contributed by atoms with Crippen molar-refractivity contribution in [1.82, 2.24) is 5.32 Å². The minimum Gasteiger partial charge on any atom is -0.396 e. The van der Waals surface area contributed by atoms with Crippen LogP contribution in [0.1, 0.15) is 38.5 Å². The number of halogens is 3. The van der Waals surface area contributed by atoms with E-state index in [2.05, 4.69) is 5.32 Å². The van der Waals surface area contributed by atoms with Crippen LogP contribution in [0.5, 0.6) is 0 Å². The summed E-state index contributed by atoms with van der Waals surface area (Å²) in [6.07, 6.45) is -3.03. The number of nitrogens with one attached hydrogen (secondary N) is 1. The Balaban J connectivity index is 3.28. The number of aliphatic hydroxyl groups is 1. The highest BCUT2D eigenvalue weighted by atomic mass is 19.4. The van der Waals surface area contributed by atoms with Crippen LogP contribution in [0, 0.1) is 0 Å². The molecule has 0 atom stereocenters. The molecule has 0 aromatic rings. The number of alkyl halides is 3. The molecular formula is C10H18F3NO2. The van der Waals surface area contributed by atoms with Gasteiger partial charge >= 0.3 is 6.18 Å². The fourth-order valence-corrected chi connectivity index (χ4v) is 1.16. The Labute approximate surface area is 93.0 Å². The SMILES string of the molecule is O=C(CCCCO)NCCCCC(F)(F)F. The van der Waals surface area contributed by atoms with Gasteiger partial charge in [0.2, 0.25) is 5.91 Å². The number of hydrogen-bond acceptors (Lipinski definition) is 2. The van der Waals surface area contributed by atoms with Gasteiger partial charge in [0.1, 0.15) is 0 Å². The van der Waals surface area contributed by atoms with Crippen LogP contribution >= 0.6 is 0 Å². The van der Waals surface area contributed by atoms with E-state index in [4.69, 9.17) is 5.11 Å². The zero-order valence-electron chi connectivity index (χ0n) is 9.15. The topological polar surface area (TPSA) is 49.3 Å². The molecule has 0 aromatic heterocycles. The van der Waals surface area contributed by atoms with Gasteiger partial charge in [-0.05, 0) is 25.7 Å². The maximum absolute atomic E-state index is 11.7. The molecule has 16 heavy (non-hydrogen) atoms. The van der Waals surface area contributed by atoms with Gasteiger partial charge in [-0.1, -0.05) is 0 Å². The summed E-state index contributed by atoms with van der Waals surface area (Å²) in [4.78, 5) is 11.1. The molecule has 1 amide bonds. The van der Waals surface area contributed by atoms with E-state index < -0.39 is 12.6 Å². The maximum Gasteiger partial charge on any atom is 0.389 e. The first-order valence-corrected chi connectivity index (χ1v) is 5.40. The average molecular weight is 241 g/mol. The normalized spacial score (nSPS) is 11.5. The molecule has 0 bridgehead atoms. The van der Waals surface area contributed by atoms with Gasteiger partial charge in [-0.25, -0.2) is 0 Å². The highest BCUT2D eigenvalue weighted by molar-refractivity contribution is 5.75. The van der Waals surface area contributed by atoms with Crippen molar-refractivity contribution in [2.75, 3.05) is 13.2 Å². The largest absolute Gasteiger partial charge is 0.396 e. The minimum absolute atomic E-state index is 0.0421. The fourth-order valence-electron chi connectivity index (χ4n) is 1.16. The van der Waals surface area contributed by atoms with Crippen LogP contribution < -0.4 is 5.32 Å². The first-order valence-electron chi connectivity index (χ1n) is 5.40. The smallest absolute Gasteiger partial charge is 0.389 e. The number of aliphatic hydroxyl groups excluding tert-OH is 1. The van der Waals surface area contributed by atoms with E-state index in [1.54, 1.807) is 0 Å². The predicted molar refractivity (Wildman–Crippen MR) is 53.9 cm³/mol. The predicted octanol–water partition coefficient (Wildman–Crippen LogP) is 2.00. The summed E-state index contributed by atoms with van der Waals surface area (Å²) in [6.45, 7) is 0.340. The van der Waals surface area contributed by atoms with Crippen LogP contribution in [0.4, 0.5) is 13.2 Å². The molecule has 0 saturated carbocycles. The van der Waals surface area contributed by atoms with Crippen molar-refractivity contribution in [3.05, 3.63) is 0 Å². The molecule has 0 spiro atoms. The lowest BCUT2D eigenvalue weighted by molar-refractivity contribution is -0.135. The molecule has 0 aliphatic carbocycles. The third-order valence-corrected chi connectivity index (χ3v) is 2.02. The molecule has 0 fully saturated rings. The molecule has 0 saturated heterocycles.